The van der Waals surface area contributed by atoms with Crippen molar-refractivity contribution in [1.29, 1.82) is 0 Å². The van der Waals surface area contributed by atoms with Crippen LogP contribution in [0.4, 0.5) is 0 Å². The predicted octanol–water partition coefficient (Wildman–Crippen LogP) is 4.31. The van der Waals surface area contributed by atoms with E-state index in [1.165, 1.54) is 0 Å². The first-order valence-electron chi connectivity index (χ1n) is 9.10. The minimum Gasteiger partial charge on any atom is -0.497 e. The van der Waals surface area contributed by atoms with Gasteiger partial charge in [0.1, 0.15) is 11.5 Å². The van der Waals surface area contributed by atoms with Crippen molar-refractivity contribution in [1.82, 2.24) is 10.4 Å². The summed E-state index contributed by atoms with van der Waals surface area (Å²) in [4.78, 5) is 12.3. The van der Waals surface area contributed by atoms with E-state index in [0.29, 0.717) is 0 Å². The number of hydrogen-bond donors (Lipinski definition) is 1. The molecule has 1 amide bonds. The predicted molar refractivity (Wildman–Crippen MR) is 110 cm³/mol. The quantitative estimate of drug-likeness (QED) is 0.740. The zero-order valence-corrected chi connectivity index (χ0v) is 16.1. The Morgan fingerprint density at radius 2 is 1.68 bits per heavy atom. The summed E-state index contributed by atoms with van der Waals surface area (Å²) in [5.74, 6) is 1.56. The second kappa shape index (κ2) is 7.27. The molecule has 0 bridgehead atoms. The summed E-state index contributed by atoms with van der Waals surface area (Å²) in [6.45, 7) is 1.57. The topological polar surface area (TPSA) is 50.8 Å². The summed E-state index contributed by atoms with van der Waals surface area (Å²) in [5.41, 5.74) is 6.21. The molecule has 1 atom stereocenters. The Bertz CT molecular complexity index is 1060. The van der Waals surface area contributed by atoms with Gasteiger partial charge in [-0.15, -0.1) is 0 Å². The van der Waals surface area contributed by atoms with Crippen LogP contribution in [0.5, 0.6) is 11.5 Å². The summed E-state index contributed by atoms with van der Waals surface area (Å²) in [5, 5.41) is 3.83. The highest BCUT2D eigenvalue weighted by molar-refractivity contribution is 5.89. The Morgan fingerprint density at radius 3 is 2.36 bits per heavy atom. The molecule has 3 aromatic carbocycles. The number of hydrazine groups is 1. The summed E-state index contributed by atoms with van der Waals surface area (Å²) in [7, 11) is 3.30. The van der Waals surface area contributed by atoms with Gasteiger partial charge in [-0.25, -0.2) is 5.01 Å². The second-order valence-corrected chi connectivity index (χ2v) is 6.69. The summed E-state index contributed by atoms with van der Waals surface area (Å²) in [6, 6.07) is 19.7. The number of fused-ring (bicyclic) bond motifs is 1. The lowest BCUT2D eigenvalue weighted by Gasteiger charge is -2.25. The second-order valence-electron chi connectivity index (χ2n) is 6.69. The summed E-state index contributed by atoms with van der Waals surface area (Å²) >= 11 is 0. The molecule has 0 spiro atoms. The van der Waals surface area contributed by atoms with Crippen molar-refractivity contribution >= 4 is 22.4 Å². The van der Waals surface area contributed by atoms with Gasteiger partial charge in [0, 0.05) is 6.92 Å². The van der Waals surface area contributed by atoms with Gasteiger partial charge in [0.15, 0.2) is 0 Å². The first-order chi connectivity index (χ1) is 13.6. The number of amides is 1. The van der Waals surface area contributed by atoms with Crippen LogP contribution in [0.1, 0.15) is 24.1 Å². The lowest BCUT2D eigenvalue weighted by molar-refractivity contribution is -0.132. The third-order valence-corrected chi connectivity index (χ3v) is 5.02. The molecule has 0 saturated carbocycles. The van der Waals surface area contributed by atoms with Gasteiger partial charge in [0.2, 0.25) is 5.91 Å². The maximum absolute atomic E-state index is 12.3. The van der Waals surface area contributed by atoms with E-state index >= 15 is 0 Å². The van der Waals surface area contributed by atoms with Crippen LogP contribution in [-0.4, -0.2) is 25.1 Å². The van der Waals surface area contributed by atoms with Crippen molar-refractivity contribution in [3.8, 4) is 11.5 Å². The molecule has 142 valence electrons. The van der Waals surface area contributed by atoms with E-state index in [2.05, 4.69) is 23.6 Å². The number of nitrogens with zero attached hydrogens (tertiary/aromatic N) is 1. The average Bonchev–Trinajstić information content (AvgIpc) is 3.18. The normalized spacial score (nSPS) is 15.9. The van der Waals surface area contributed by atoms with Crippen LogP contribution in [0.3, 0.4) is 0 Å². The minimum absolute atomic E-state index is 0.0460. The van der Waals surface area contributed by atoms with E-state index in [9.17, 15) is 4.79 Å². The molecular formula is C23H22N2O3. The van der Waals surface area contributed by atoms with Crippen molar-refractivity contribution in [2.45, 2.75) is 13.0 Å². The van der Waals surface area contributed by atoms with Crippen molar-refractivity contribution in [2.24, 2.45) is 0 Å². The fourth-order valence-corrected chi connectivity index (χ4v) is 3.58. The fourth-order valence-electron chi connectivity index (χ4n) is 3.58. The molecule has 0 saturated heterocycles. The molecule has 5 heteroatoms. The molecular weight excluding hydrogens is 352 g/mol. The Balaban J connectivity index is 1.78. The van der Waals surface area contributed by atoms with Gasteiger partial charge in [-0.2, -0.15) is 0 Å². The SMILES string of the molecule is COc1ccc(C2=CC(c3cccc4cc(OC)ccc34)N(C(C)=O)N2)cc1. The Labute approximate surface area is 164 Å². The van der Waals surface area contributed by atoms with E-state index in [0.717, 1.165) is 39.1 Å². The Kier molecular flexibility index (Phi) is 4.65. The van der Waals surface area contributed by atoms with Gasteiger partial charge < -0.3 is 9.47 Å². The van der Waals surface area contributed by atoms with E-state index < -0.39 is 0 Å². The van der Waals surface area contributed by atoms with Crippen LogP contribution in [0.15, 0.2) is 66.7 Å². The molecule has 1 N–H and O–H groups in total. The Hall–Kier alpha value is -3.47. The molecule has 28 heavy (non-hydrogen) atoms. The van der Waals surface area contributed by atoms with Gasteiger partial charge in [-0.05, 0) is 64.4 Å². The molecule has 4 rings (SSSR count). The molecule has 1 unspecified atom stereocenters. The number of carbonyl (C=O) groups excluding carboxylic acids is 1. The number of ether oxygens (including phenoxy) is 2. The lowest BCUT2D eigenvalue weighted by Crippen LogP contribution is -2.37. The van der Waals surface area contributed by atoms with E-state index in [4.69, 9.17) is 9.47 Å². The highest BCUT2D eigenvalue weighted by atomic mass is 16.5. The van der Waals surface area contributed by atoms with Gasteiger partial charge in [-0.3, -0.25) is 10.2 Å². The molecule has 0 aromatic heterocycles. The van der Waals surface area contributed by atoms with Crippen LogP contribution < -0.4 is 14.9 Å². The van der Waals surface area contributed by atoms with Crippen LogP contribution in [0.25, 0.3) is 16.5 Å². The number of rotatable bonds is 4. The average molecular weight is 374 g/mol. The van der Waals surface area contributed by atoms with E-state index in [-0.39, 0.29) is 11.9 Å². The van der Waals surface area contributed by atoms with Crippen LogP contribution >= 0.6 is 0 Å². The van der Waals surface area contributed by atoms with Gasteiger partial charge in [-0.1, -0.05) is 24.3 Å². The number of hydrogen-bond acceptors (Lipinski definition) is 4. The number of benzene rings is 3. The van der Waals surface area contributed by atoms with Crippen molar-refractivity contribution in [2.75, 3.05) is 14.2 Å². The zero-order valence-electron chi connectivity index (χ0n) is 16.1. The minimum atomic E-state index is -0.202. The van der Waals surface area contributed by atoms with Crippen molar-refractivity contribution < 1.29 is 14.3 Å². The largest absolute Gasteiger partial charge is 0.497 e. The molecule has 5 nitrogen and oxygen atoms in total. The Morgan fingerprint density at radius 1 is 0.964 bits per heavy atom. The summed E-state index contributed by atoms with van der Waals surface area (Å²) in [6.07, 6.45) is 2.09. The van der Waals surface area contributed by atoms with Crippen LogP contribution in [0.2, 0.25) is 0 Å². The molecule has 3 aromatic rings. The third-order valence-electron chi connectivity index (χ3n) is 5.02. The monoisotopic (exact) mass is 374 g/mol. The maximum Gasteiger partial charge on any atom is 0.238 e. The van der Waals surface area contributed by atoms with E-state index in [1.54, 1.807) is 26.2 Å². The summed E-state index contributed by atoms with van der Waals surface area (Å²) < 4.78 is 10.6. The lowest BCUT2D eigenvalue weighted by atomic mass is 9.97. The van der Waals surface area contributed by atoms with Gasteiger partial charge in [0.25, 0.3) is 0 Å². The third kappa shape index (κ3) is 3.16. The standard InChI is InChI=1S/C23H22N2O3/c1-15(26)25-23(14-22(24-25)16-7-9-18(27-2)10-8-16)21-6-4-5-17-13-19(28-3)11-12-20(17)21/h4-14,23-24H,1-3H3. The molecule has 1 heterocycles. The first kappa shape index (κ1) is 17.9. The zero-order chi connectivity index (χ0) is 19.7. The van der Waals surface area contributed by atoms with Crippen molar-refractivity contribution in [3.05, 3.63) is 77.9 Å². The molecule has 0 radical (unpaired) electrons. The smallest absolute Gasteiger partial charge is 0.238 e. The van der Waals surface area contributed by atoms with Gasteiger partial charge in [0.05, 0.1) is 26.0 Å². The van der Waals surface area contributed by atoms with Crippen LogP contribution in [-0.2, 0) is 4.79 Å². The molecule has 0 fully saturated rings. The van der Waals surface area contributed by atoms with Gasteiger partial charge >= 0.3 is 0 Å². The number of nitrogens with one attached hydrogen (secondary N) is 1. The number of carbonyl (C=O) groups is 1. The highest BCUT2D eigenvalue weighted by Crippen LogP contribution is 2.36. The first-order valence-corrected chi connectivity index (χ1v) is 9.10. The molecule has 0 aliphatic carbocycles. The fraction of sp³-hybridized carbons (Fsp3) is 0.174. The molecule has 1 aliphatic rings. The highest BCUT2D eigenvalue weighted by Gasteiger charge is 2.29. The van der Waals surface area contributed by atoms with Crippen molar-refractivity contribution in [3.63, 3.8) is 0 Å². The molecule has 1 aliphatic heterocycles. The maximum atomic E-state index is 12.3. The van der Waals surface area contributed by atoms with Crippen LogP contribution in [0, 0.1) is 0 Å². The van der Waals surface area contributed by atoms with E-state index in [1.807, 2.05) is 48.5 Å². The number of methoxy groups -OCH3 is 2.